The van der Waals surface area contributed by atoms with Gasteiger partial charge in [-0.3, -0.25) is 5.10 Å². The maximum Gasteiger partial charge on any atom is 0.151 e. The number of halogens is 3. The van der Waals surface area contributed by atoms with Crippen molar-refractivity contribution in [1.29, 1.82) is 0 Å². The van der Waals surface area contributed by atoms with Gasteiger partial charge < -0.3 is 10.1 Å². The molecule has 0 unspecified atom stereocenters. The molecule has 3 heterocycles. The summed E-state index contributed by atoms with van der Waals surface area (Å²) in [6.07, 6.45) is 4.84. The Morgan fingerprint density at radius 2 is 2.00 bits per heavy atom. The summed E-state index contributed by atoms with van der Waals surface area (Å²) in [6.45, 7) is -0.152. The number of rotatable bonds is 5. The van der Waals surface area contributed by atoms with E-state index in [4.69, 9.17) is 16.3 Å². The average molecular weight is 494 g/mol. The lowest BCUT2D eigenvalue weighted by atomic mass is 10.2. The average Bonchev–Trinajstić information content (AvgIpc) is 3.49. The summed E-state index contributed by atoms with van der Waals surface area (Å²) in [7, 11) is 0. The van der Waals surface area contributed by atoms with E-state index in [9.17, 15) is 8.78 Å². The monoisotopic (exact) mass is 493 g/mol. The van der Waals surface area contributed by atoms with Crippen LogP contribution in [-0.2, 0) is 6.61 Å². The third-order valence-electron chi connectivity index (χ3n) is 4.73. The molecule has 0 atom stereocenters. The maximum absolute atomic E-state index is 13.8. The molecular weight excluding hydrogens is 480 g/mol. The molecule has 0 aliphatic carbocycles. The summed E-state index contributed by atoms with van der Waals surface area (Å²) < 4.78 is 33.6. The number of ether oxygens (including phenoxy) is 1. The highest BCUT2D eigenvalue weighted by Crippen LogP contribution is 2.33. The zero-order valence-electron chi connectivity index (χ0n) is 17.3. The second-order valence-corrected chi connectivity index (χ2v) is 8.54. The van der Waals surface area contributed by atoms with Crippen LogP contribution in [0, 0.1) is 23.5 Å². The number of benzene rings is 2. The van der Waals surface area contributed by atoms with E-state index >= 15 is 0 Å². The molecule has 0 spiro atoms. The van der Waals surface area contributed by atoms with Crippen molar-refractivity contribution < 1.29 is 13.5 Å². The first kappa shape index (κ1) is 21.8. The van der Waals surface area contributed by atoms with Gasteiger partial charge in [0.15, 0.2) is 5.82 Å². The van der Waals surface area contributed by atoms with Crippen LogP contribution in [0.5, 0.6) is 5.75 Å². The number of nitrogens with zero attached hydrogens (tertiary/aromatic N) is 3. The molecule has 34 heavy (non-hydrogen) atoms. The Morgan fingerprint density at radius 3 is 2.82 bits per heavy atom. The minimum Gasteiger partial charge on any atom is -0.487 e. The summed E-state index contributed by atoms with van der Waals surface area (Å²) in [6, 6.07) is 10.2. The lowest BCUT2D eigenvalue weighted by molar-refractivity contribution is 0.299. The minimum atomic E-state index is -0.548. The van der Waals surface area contributed by atoms with Gasteiger partial charge in [0.25, 0.3) is 0 Å². The first-order chi connectivity index (χ1) is 16.5. The highest BCUT2D eigenvalue weighted by molar-refractivity contribution is 7.20. The van der Waals surface area contributed by atoms with Crippen molar-refractivity contribution in [2.24, 2.45) is 0 Å². The van der Waals surface area contributed by atoms with Gasteiger partial charge >= 0.3 is 0 Å². The predicted molar refractivity (Wildman–Crippen MR) is 127 cm³/mol. The van der Waals surface area contributed by atoms with Crippen molar-refractivity contribution in [2.75, 3.05) is 5.32 Å². The van der Waals surface area contributed by atoms with Crippen molar-refractivity contribution in [3.8, 4) is 17.6 Å². The summed E-state index contributed by atoms with van der Waals surface area (Å²) in [5, 5.41) is 10.1. The van der Waals surface area contributed by atoms with E-state index in [1.54, 1.807) is 30.6 Å². The number of H-pyrrole nitrogens is 1. The zero-order chi connectivity index (χ0) is 23.5. The van der Waals surface area contributed by atoms with Crippen LogP contribution in [0.4, 0.5) is 20.3 Å². The highest BCUT2D eigenvalue weighted by Gasteiger charge is 2.11. The Hall–Kier alpha value is -4.00. The van der Waals surface area contributed by atoms with Gasteiger partial charge in [0, 0.05) is 17.4 Å². The Labute approximate surface area is 201 Å². The molecule has 6 nitrogen and oxygen atoms in total. The van der Waals surface area contributed by atoms with Gasteiger partial charge in [-0.15, -0.1) is 11.3 Å². The van der Waals surface area contributed by atoms with E-state index in [0.717, 1.165) is 38.9 Å². The number of anilines is 2. The van der Waals surface area contributed by atoms with Crippen molar-refractivity contribution in [2.45, 2.75) is 6.61 Å². The SMILES string of the molecule is Fc1ccc(F)c(COc2ccc(Nc3ncnc4cc(C#Cc5cn[nH]c5)sc34)cc2Cl)c1. The molecule has 0 radical (unpaired) electrons. The van der Waals surface area contributed by atoms with Crippen LogP contribution in [0.3, 0.4) is 0 Å². The fraction of sp³-hybridized carbons (Fsp3) is 0.0417. The molecule has 2 N–H and O–H groups in total. The second-order valence-electron chi connectivity index (χ2n) is 7.08. The van der Waals surface area contributed by atoms with Gasteiger partial charge in [-0.25, -0.2) is 18.7 Å². The van der Waals surface area contributed by atoms with Crippen molar-refractivity contribution in [3.63, 3.8) is 0 Å². The minimum absolute atomic E-state index is 0.103. The van der Waals surface area contributed by atoms with E-state index in [2.05, 4.69) is 37.3 Å². The number of aromatic nitrogens is 4. The third-order valence-corrected chi connectivity index (χ3v) is 6.07. The first-order valence-corrected chi connectivity index (χ1v) is 11.1. The summed E-state index contributed by atoms with van der Waals surface area (Å²) in [5.41, 5.74) is 2.33. The normalized spacial score (nSPS) is 10.7. The quantitative estimate of drug-likeness (QED) is 0.291. The van der Waals surface area contributed by atoms with Gasteiger partial charge in [0.2, 0.25) is 0 Å². The van der Waals surface area contributed by atoms with Crippen molar-refractivity contribution in [3.05, 3.63) is 93.8 Å². The molecule has 2 aromatic carbocycles. The molecule has 5 rings (SSSR count). The number of aromatic amines is 1. The van der Waals surface area contributed by atoms with E-state index in [-0.39, 0.29) is 12.2 Å². The molecule has 0 saturated heterocycles. The lowest BCUT2D eigenvalue weighted by Gasteiger charge is -2.11. The Morgan fingerprint density at radius 1 is 1.09 bits per heavy atom. The predicted octanol–water partition coefficient (Wildman–Crippen LogP) is 6.07. The molecule has 0 amide bonds. The molecule has 0 aliphatic rings. The highest BCUT2D eigenvalue weighted by atomic mass is 35.5. The second kappa shape index (κ2) is 9.47. The standard InChI is InChI=1S/C24H14ClF2N5OS/c25-19-8-17(3-6-22(19)33-12-15-7-16(26)2-5-20(15)27)32-24-23-21(28-13-29-24)9-18(34-23)4-1-14-10-30-31-11-14/h2-3,5-11,13H,12H2,(H,30,31)(H,28,29,32). The van der Waals surface area contributed by atoms with E-state index in [1.807, 2.05) is 6.07 Å². The number of hydrogen-bond acceptors (Lipinski definition) is 6. The van der Waals surface area contributed by atoms with E-state index in [1.165, 1.54) is 17.7 Å². The Balaban J connectivity index is 1.33. The smallest absolute Gasteiger partial charge is 0.151 e. The van der Waals surface area contributed by atoms with Gasteiger partial charge in [-0.2, -0.15) is 5.10 Å². The molecule has 168 valence electrons. The van der Waals surface area contributed by atoms with Crippen molar-refractivity contribution in [1.82, 2.24) is 20.2 Å². The van der Waals surface area contributed by atoms with Crippen molar-refractivity contribution >= 4 is 44.7 Å². The van der Waals surface area contributed by atoms with Gasteiger partial charge in [-0.05, 0) is 42.5 Å². The van der Waals surface area contributed by atoms with Crippen LogP contribution >= 0.6 is 22.9 Å². The summed E-state index contributed by atoms with van der Waals surface area (Å²) >= 11 is 7.82. The Kier molecular flexibility index (Phi) is 6.08. The summed E-state index contributed by atoms with van der Waals surface area (Å²) in [5.74, 6) is 6.01. The number of fused-ring (bicyclic) bond motifs is 1. The van der Waals surface area contributed by atoms with Gasteiger partial charge in [0.1, 0.15) is 30.3 Å². The zero-order valence-corrected chi connectivity index (χ0v) is 18.8. The van der Waals surface area contributed by atoms with Crippen LogP contribution in [0.15, 0.2) is 61.2 Å². The summed E-state index contributed by atoms with van der Waals surface area (Å²) in [4.78, 5) is 9.50. The van der Waals surface area contributed by atoms with Crippen LogP contribution in [0.1, 0.15) is 16.0 Å². The van der Waals surface area contributed by atoms with Crippen LogP contribution in [-0.4, -0.2) is 20.2 Å². The maximum atomic E-state index is 13.8. The fourth-order valence-electron chi connectivity index (χ4n) is 3.10. The van der Waals surface area contributed by atoms with Crippen LogP contribution in [0.25, 0.3) is 10.2 Å². The molecular formula is C24H14ClF2N5OS. The molecule has 0 saturated carbocycles. The molecule has 0 bridgehead atoms. The number of nitrogens with one attached hydrogen (secondary N) is 2. The topological polar surface area (TPSA) is 75.7 Å². The molecule has 0 fully saturated rings. The van der Waals surface area contributed by atoms with E-state index in [0.29, 0.717) is 22.3 Å². The Bertz CT molecular complexity index is 1540. The fourth-order valence-corrected chi connectivity index (χ4v) is 4.24. The first-order valence-electron chi connectivity index (χ1n) is 9.94. The molecule has 0 aliphatic heterocycles. The number of hydrogen-bond donors (Lipinski definition) is 2. The number of thiophene rings is 1. The molecule has 5 aromatic rings. The van der Waals surface area contributed by atoms with Crippen LogP contribution in [0.2, 0.25) is 5.02 Å². The lowest BCUT2D eigenvalue weighted by Crippen LogP contribution is -2.00. The third kappa shape index (κ3) is 4.83. The molecule has 10 heteroatoms. The molecule has 3 aromatic heterocycles. The van der Waals surface area contributed by atoms with E-state index < -0.39 is 11.6 Å². The van der Waals surface area contributed by atoms with Crippen LogP contribution < -0.4 is 10.1 Å². The van der Waals surface area contributed by atoms with Gasteiger partial charge in [-0.1, -0.05) is 23.4 Å². The largest absolute Gasteiger partial charge is 0.487 e. The van der Waals surface area contributed by atoms with Gasteiger partial charge in [0.05, 0.1) is 31.9 Å².